The van der Waals surface area contributed by atoms with E-state index in [0.717, 1.165) is 17.0 Å². The first-order valence-electron chi connectivity index (χ1n) is 8.25. The molecule has 1 aliphatic heterocycles. The number of carbonyl (C=O) groups excluding carboxylic acids is 1. The van der Waals surface area contributed by atoms with Gasteiger partial charge in [0.2, 0.25) is 5.91 Å². The number of anilines is 1. The molecule has 1 saturated heterocycles. The van der Waals surface area contributed by atoms with E-state index in [1.807, 2.05) is 44.9 Å². The molecule has 0 saturated carbocycles. The molecule has 1 amide bonds. The normalized spacial score (nSPS) is 20.4. The molecule has 1 fully saturated rings. The summed E-state index contributed by atoms with van der Waals surface area (Å²) >= 11 is 0. The predicted octanol–water partition coefficient (Wildman–Crippen LogP) is 1.36. The van der Waals surface area contributed by atoms with Gasteiger partial charge in [-0.1, -0.05) is 0 Å². The number of likely N-dealkylation sites (N-methyl/N-ethyl adjacent to an activating group) is 1. The van der Waals surface area contributed by atoms with Crippen molar-refractivity contribution < 1.29 is 9.53 Å². The third kappa shape index (κ3) is 3.34. The Hall–Kier alpha value is -2.48. The number of aryl methyl sites for hydroxylation is 2. The fourth-order valence-corrected chi connectivity index (χ4v) is 3.32. The van der Waals surface area contributed by atoms with Crippen molar-refractivity contribution >= 4 is 11.7 Å². The second kappa shape index (κ2) is 6.79. The number of hydrogen-bond donors (Lipinski definition) is 1. The Kier molecular flexibility index (Phi) is 4.71. The number of likely N-dealkylation sites (tertiary alicyclic amines) is 1. The van der Waals surface area contributed by atoms with E-state index in [1.54, 1.807) is 12.0 Å². The van der Waals surface area contributed by atoms with Crippen LogP contribution in [0.4, 0.5) is 5.82 Å². The van der Waals surface area contributed by atoms with Crippen LogP contribution in [0.25, 0.3) is 0 Å². The highest BCUT2D eigenvalue weighted by atomic mass is 16.5. The summed E-state index contributed by atoms with van der Waals surface area (Å²) in [6.45, 7) is 4.28. The van der Waals surface area contributed by atoms with Crippen molar-refractivity contribution in [2.75, 3.05) is 19.5 Å². The number of methoxy groups -OCH3 is 1. The average molecular weight is 344 g/mol. The molecule has 1 N–H and O–H groups in total. The van der Waals surface area contributed by atoms with Crippen molar-refractivity contribution in [1.82, 2.24) is 24.6 Å². The number of amides is 1. The van der Waals surface area contributed by atoms with E-state index in [9.17, 15) is 4.79 Å². The zero-order valence-corrected chi connectivity index (χ0v) is 15.3. The van der Waals surface area contributed by atoms with Crippen molar-refractivity contribution in [3.8, 4) is 0 Å². The molecule has 3 heterocycles. The number of hydrogen-bond acceptors (Lipinski definition) is 6. The van der Waals surface area contributed by atoms with E-state index in [2.05, 4.69) is 20.4 Å². The van der Waals surface area contributed by atoms with Gasteiger partial charge in [-0.3, -0.25) is 9.48 Å². The molecule has 0 bridgehead atoms. The lowest BCUT2D eigenvalue weighted by Crippen LogP contribution is -2.30. The van der Waals surface area contributed by atoms with Gasteiger partial charge >= 0.3 is 0 Å². The van der Waals surface area contributed by atoms with Gasteiger partial charge in [0.15, 0.2) is 5.82 Å². The van der Waals surface area contributed by atoms with Crippen LogP contribution in [0.5, 0.6) is 0 Å². The maximum Gasteiger partial charge on any atom is 0.225 e. The monoisotopic (exact) mass is 344 g/mol. The molecule has 1 aliphatic rings. The Morgan fingerprint density at radius 3 is 2.72 bits per heavy atom. The average Bonchev–Trinajstić information content (AvgIpc) is 3.00. The van der Waals surface area contributed by atoms with Crippen LogP contribution in [-0.2, 0) is 23.2 Å². The van der Waals surface area contributed by atoms with Gasteiger partial charge in [-0.25, -0.2) is 9.97 Å². The minimum Gasteiger partial charge on any atom is -0.377 e. The molecular weight excluding hydrogens is 320 g/mol. The van der Waals surface area contributed by atoms with Crippen molar-refractivity contribution in [1.29, 1.82) is 0 Å². The Balaban J connectivity index is 1.90. The number of aromatic nitrogens is 4. The van der Waals surface area contributed by atoms with Gasteiger partial charge < -0.3 is 15.0 Å². The molecule has 0 aromatic carbocycles. The highest BCUT2D eigenvalue weighted by molar-refractivity contribution is 5.81. The van der Waals surface area contributed by atoms with Crippen LogP contribution in [0.1, 0.15) is 35.2 Å². The molecule has 3 rings (SSSR count). The molecule has 0 radical (unpaired) electrons. The lowest BCUT2D eigenvalue weighted by atomic mass is 10.0. The lowest BCUT2D eigenvalue weighted by Gasteiger charge is -2.26. The summed E-state index contributed by atoms with van der Waals surface area (Å²) in [5.41, 5.74) is 2.96. The molecule has 134 valence electrons. The summed E-state index contributed by atoms with van der Waals surface area (Å²) in [6.07, 6.45) is 2.25. The Labute approximate surface area is 147 Å². The molecule has 25 heavy (non-hydrogen) atoms. The number of carbonyl (C=O) groups is 1. The number of ether oxygens (including phenoxy) is 1. The van der Waals surface area contributed by atoms with Crippen LogP contribution in [0.15, 0.2) is 12.3 Å². The smallest absolute Gasteiger partial charge is 0.225 e. The zero-order valence-electron chi connectivity index (χ0n) is 15.3. The molecule has 0 unspecified atom stereocenters. The Morgan fingerprint density at radius 1 is 1.32 bits per heavy atom. The predicted molar refractivity (Wildman–Crippen MR) is 93.0 cm³/mol. The maximum atomic E-state index is 12.3. The number of nitrogens with one attached hydrogen (secondary N) is 1. The Morgan fingerprint density at radius 2 is 2.08 bits per heavy atom. The standard InChI is InChI=1S/C17H24N6O2/c1-10-6-14(21-15(19-10)9-25-5)20-13-7-16(24)22(3)17(13)12-8-18-23(4)11(12)2/h6,8,13,17H,7,9H2,1-5H3,(H,19,20,21)/t13-,17+/m1/s1. The van der Waals surface area contributed by atoms with Crippen molar-refractivity contribution in [2.24, 2.45) is 7.05 Å². The van der Waals surface area contributed by atoms with Gasteiger partial charge in [0.05, 0.1) is 18.3 Å². The molecule has 8 heteroatoms. The minimum absolute atomic E-state index is 0.0786. The third-order valence-corrected chi connectivity index (χ3v) is 4.69. The topological polar surface area (TPSA) is 85.2 Å². The van der Waals surface area contributed by atoms with Crippen LogP contribution in [0.2, 0.25) is 0 Å². The van der Waals surface area contributed by atoms with E-state index >= 15 is 0 Å². The summed E-state index contributed by atoms with van der Waals surface area (Å²) < 4.78 is 6.95. The van der Waals surface area contributed by atoms with E-state index in [4.69, 9.17) is 4.74 Å². The van der Waals surface area contributed by atoms with Crippen molar-refractivity contribution in [3.05, 3.63) is 35.0 Å². The minimum atomic E-state index is -0.0812. The maximum absolute atomic E-state index is 12.3. The summed E-state index contributed by atoms with van der Waals surface area (Å²) in [7, 11) is 5.36. The largest absolute Gasteiger partial charge is 0.377 e. The van der Waals surface area contributed by atoms with Crippen LogP contribution >= 0.6 is 0 Å². The summed E-state index contributed by atoms with van der Waals surface area (Å²) in [6, 6.07) is 1.72. The van der Waals surface area contributed by atoms with Crippen LogP contribution in [0, 0.1) is 13.8 Å². The highest BCUT2D eigenvalue weighted by Gasteiger charge is 2.40. The quantitative estimate of drug-likeness (QED) is 0.881. The van der Waals surface area contributed by atoms with Gasteiger partial charge in [-0.15, -0.1) is 0 Å². The number of rotatable bonds is 5. The molecule has 0 aliphatic carbocycles. The molecular formula is C17H24N6O2. The van der Waals surface area contributed by atoms with Gasteiger partial charge in [0.25, 0.3) is 0 Å². The second-order valence-corrected chi connectivity index (χ2v) is 6.46. The lowest BCUT2D eigenvalue weighted by molar-refractivity contribution is -0.127. The van der Waals surface area contributed by atoms with Crippen LogP contribution < -0.4 is 5.32 Å². The van der Waals surface area contributed by atoms with E-state index in [1.165, 1.54) is 0 Å². The van der Waals surface area contributed by atoms with E-state index in [0.29, 0.717) is 24.7 Å². The first-order valence-corrected chi connectivity index (χ1v) is 8.25. The summed E-state index contributed by atoms with van der Waals surface area (Å²) in [5, 5.41) is 7.74. The van der Waals surface area contributed by atoms with Gasteiger partial charge in [0.1, 0.15) is 12.4 Å². The fraction of sp³-hybridized carbons (Fsp3) is 0.529. The first kappa shape index (κ1) is 17.3. The third-order valence-electron chi connectivity index (χ3n) is 4.69. The van der Waals surface area contributed by atoms with Gasteiger partial charge in [-0.05, 0) is 13.8 Å². The van der Waals surface area contributed by atoms with E-state index < -0.39 is 0 Å². The number of nitrogens with zero attached hydrogens (tertiary/aromatic N) is 5. The van der Waals surface area contributed by atoms with E-state index in [-0.39, 0.29) is 18.0 Å². The Bertz CT molecular complexity index is 787. The van der Waals surface area contributed by atoms with Gasteiger partial charge in [0, 0.05) is 50.6 Å². The molecule has 8 nitrogen and oxygen atoms in total. The van der Waals surface area contributed by atoms with Gasteiger partial charge in [-0.2, -0.15) is 5.10 Å². The fourth-order valence-electron chi connectivity index (χ4n) is 3.32. The molecule has 2 atom stereocenters. The zero-order chi connectivity index (χ0) is 18.1. The highest BCUT2D eigenvalue weighted by Crippen LogP contribution is 2.35. The molecule has 0 spiro atoms. The van der Waals surface area contributed by atoms with Crippen LogP contribution in [0.3, 0.4) is 0 Å². The summed E-state index contributed by atoms with van der Waals surface area (Å²) in [5.74, 6) is 1.43. The first-order chi connectivity index (χ1) is 11.9. The van der Waals surface area contributed by atoms with Crippen molar-refractivity contribution in [3.63, 3.8) is 0 Å². The summed E-state index contributed by atoms with van der Waals surface area (Å²) in [4.78, 5) is 23.0. The molecule has 2 aromatic heterocycles. The second-order valence-electron chi connectivity index (χ2n) is 6.46. The van der Waals surface area contributed by atoms with Crippen LogP contribution in [-0.4, -0.2) is 50.8 Å². The molecule has 2 aromatic rings. The SMILES string of the molecule is COCc1nc(C)cc(N[C@@H]2CC(=O)N(C)[C@H]2c2cnn(C)c2C)n1. The van der Waals surface area contributed by atoms with Crippen molar-refractivity contribution in [2.45, 2.75) is 39.0 Å².